The first-order chi connectivity index (χ1) is 9.95. The molecule has 2 rings (SSSR count). The van der Waals surface area contributed by atoms with Gasteiger partial charge >= 0.3 is 0 Å². The highest BCUT2D eigenvalue weighted by Crippen LogP contribution is 2.36. The van der Waals surface area contributed by atoms with E-state index in [-0.39, 0.29) is 11.6 Å². The number of likely N-dealkylation sites (N-methyl/N-ethyl adjacent to an activating group) is 2. The summed E-state index contributed by atoms with van der Waals surface area (Å²) in [6.45, 7) is 1.96. The number of rotatable bonds is 7. The average Bonchev–Trinajstić information content (AvgIpc) is 3.25. The van der Waals surface area contributed by atoms with Gasteiger partial charge in [-0.3, -0.25) is 4.79 Å². The fraction of sp³-hybridized carbons (Fsp3) is 0.714. The Hall–Kier alpha value is -0.920. The van der Waals surface area contributed by atoms with Gasteiger partial charge in [-0.2, -0.15) is 5.10 Å². The Balaban J connectivity index is 2.21. The molecule has 1 unspecified atom stereocenters. The third kappa shape index (κ3) is 3.84. The minimum absolute atomic E-state index is 0.0900. The summed E-state index contributed by atoms with van der Waals surface area (Å²) in [5.41, 5.74) is 6.62. The number of halogens is 1. The normalized spacial score (nSPS) is 16.3. The Bertz CT molecular complexity index is 541. The molecule has 1 heterocycles. The molecule has 7 heteroatoms. The van der Waals surface area contributed by atoms with Crippen molar-refractivity contribution in [3.05, 3.63) is 21.0 Å². The number of nitrogens with zero attached hydrogens (tertiary/aromatic N) is 4. The van der Waals surface area contributed by atoms with Crippen LogP contribution in [0, 0.1) is 5.92 Å². The van der Waals surface area contributed by atoms with E-state index >= 15 is 0 Å². The lowest BCUT2D eigenvalue weighted by atomic mass is 10.1. The van der Waals surface area contributed by atoms with Crippen LogP contribution in [0.2, 0.25) is 0 Å². The van der Waals surface area contributed by atoms with Gasteiger partial charge in [-0.05, 0) is 48.8 Å². The minimum atomic E-state index is -0.0900. The van der Waals surface area contributed by atoms with E-state index in [0.29, 0.717) is 23.5 Å². The molecule has 1 aromatic heterocycles. The largest absolute Gasteiger partial charge is 0.368 e. The fourth-order valence-electron chi connectivity index (χ4n) is 2.48. The Morgan fingerprint density at radius 2 is 2.14 bits per heavy atom. The molecule has 1 saturated carbocycles. The van der Waals surface area contributed by atoms with Crippen molar-refractivity contribution in [1.82, 2.24) is 14.7 Å². The monoisotopic (exact) mass is 357 g/mol. The zero-order valence-corrected chi connectivity index (χ0v) is 14.5. The fourth-order valence-corrected chi connectivity index (χ4v) is 3.07. The van der Waals surface area contributed by atoms with Crippen molar-refractivity contribution >= 4 is 21.6 Å². The van der Waals surface area contributed by atoms with Crippen LogP contribution in [0.4, 0.5) is 5.69 Å². The molecular weight excluding hydrogens is 334 g/mol. The van der Waals surface area contributed by atoms with Gasteiger partial charge in [0.15, 0.2) is 0 Å². The van der Waals surface area contributed by atoms with E-state index in [1.807, 2.05) is 26.0 Å². The van der Waals surface area contributed by atoms with Crippen LogP contribution >= 0.6 is 15.9 Å². The minimum Gasteiger partial charge on any atom is -0.368 e. The van der Waals surface area contributed by atoms with E-state index in [2.05, 4.69) is 25.9 Å². The summed E-state index contributed by atoms with van der Waals surface area (Å²) in [4.78, 5) is 16.5. The maximum atomic E-state index is 12.4. The molecule has 2 N–H and O–H groups in total. The zero-order valence-electron chi connectivity index (χ0n) is 12.9. The Morgan fingerprint density at radius 3 is 2.67 bits per heavy atom. The van der Waals surface area contributed by atoms with Crippen molar-refractivity contribution < 1.29 is 0 Å². The summed E-state index contributed by atoms with van der Waals surface area (Å²) in [6, 6.07) is 0.278. The van der Waals surface area contributed by atoms with Crippen molar-refractivity contribution in [3.63, 3.8) is 0 Å². The Labute approximate surface area is 134 Å². The summed E-state index contributed by atoms with van der Waals surface area (Å²) in [5, 5.41) is 4.29. The summed E-state index contributed by atoms with van der Waals surface area (Å²) in [5.74, 6) is 0.642. The first kappa shape index (κ1) is 16.5. The lowest BCUT2D eigenvalue weighted by Gasteiger charge is -2.29. The van der Waals surface area contributed by atoms with Crippen molar-refractivity contribution in [2.75, 3.05) is 39.1 Å². The van der Waals surface area contributed by atoms with Crippen LogP contribution in [0.1, 0.15) is 12.8 Å². The lowest BCUT2D eigenvalue weighted by Crippen LogP contribution is -2.41. The molecule has 0 aliphatic heterocycles. The van der Waals surface area contributed by atoms with Gasteiger partial charge in [0.1, 0.15) is 4.47 Å². The molecular formula is C14H24BrN5O. The van der Waals surface area contributed by atoms with Crippen LogP contribution in [0.5, 0.6) is 0 Å². The molecule has 0 aromatic carbocycles. The van der Waals surface area contributed by atoms with Gasteiger partial charge in [-0.15, -0.1) is 0 Å². The molecule has 0 radical (unpaired) electrons. The highest BCUT2D eigenvalue weighted by molar-refractivity contribution is 9.10. The molecule has 0 amide bonds. The van der Waals surface area contributed by atoms with Crippen molar-refractivity contribution in [2.45, 2.75) is 25.4 Å². The maximum absolute atomic E-state index is 12.4. The number of aromatic nitrogens is 2. The summed E-state index contributed by atoms with van der Waals surface area (Å²) in [6.07, 6.45) is 4.19. The molecule has 21 heavy (non-hydrogen) atoms. The quantitative estimate of drug-likeness (QED) is 0.779. The second-order valence-electron chi connectivity index (χ2n) is 5.93. The van der Waals surface area contributed by atoms with Crippen LogP contribution in [-0.2, 0) is 6.54 Å². The second-order valence-corrected chi connectivity index (χ2v) is 6.72. The van der Waals surface area contributed by atoms with Crippen LogP contribution in [0.25, 0.3) is 0 Å². The van der Waals surface area contributed by atoms with Crippen LogP contribution in [0.15, 0.2) is 15.5 Å². The molecule has 1 aromatic rings. The van der Waals surface area contributed by atoms with E-state index in [0.717, 1.165) is 12.2 Å². The molecule has 1 atom stereocenters. The molecule has 0 bridgehead atoms. The highest BCUT2D eigenvalue weighted by atomic mass is 79.9. The topological polar surface area (TPSA) is 67.4 Å². The molecule has 118 valence electrons. The Morgan fingerprint density at radius 1 is 1.48 bits per heavy atom. The van der Waals surface area contributed by atoms with E-state index in [9.17, 15) is 4.79 Å². The highest BCUT2D eigenvalue weighted by Gasteiger charge is 2.34. The van der Waals surface area contributed by atoms with E-state index < -0.39 is 0 Å². The molecule has 1 fully saturated rings. The first-order valence-electron chi connectivity index (χ1n) is 7.29. The summed E-state index contributed by atoms with van der Waals surface area (Å²) < 4.78 is 2.06. The van der Waals surface area contributed by atoms with Crippen molar-refractivity contribution in [3.8, 4) is 0 Å². The summed E-state index contributed by atoms with van der Waals surface area (Å²) >= 11 is 3.44. The molecule has 0 saturated heterocycles. The van der Waals surface area contributed by atoms with E-state index in [4.69, 9.17) is 5.73 Å². The second kappa shape index (κ2) is 6.89. The van der Waals surface area contributed by atoms with Crippen molar-refractivity contribution in [2.24, 2.45) is 11.7 Å². The average molecular weight is 358 g/mol. The molecule has 6 nitrogen and oxygen atoms in total. The molecule has 1 aliphatic carbocycles. The van der Waals surface area contributed by atoms with E-state index in [1.165, 1.54) is 17.5 Å². The van der Waals surface area contributed by atoms with Gasteiger partial charge in [0.05, 0.1) is 18.4 Å². The predicted molar refractivity (Wildman–Crippen MR) is 88.7 cm³/mol. The SMILES string of the molecule is CN(C)CCn1ncc(N(C)C(CN)C2CC2)c(Br)c1=O. The van der Waals surface area contributed by atoms with Gasteiger partial charge in [0.2, 0.25) is 0 Å². The maximum Gasteiger partial charge on any atom is 0.283 e. The number of anilines is 1. The first-order valence-corrected chi connectivity index (χ1v) is 8.08. The number of nitrogens with two attached hydrogens (primary N) is 1. The zero-order chi connectivity index (χ0) is 15.6. The van der Waals surface area contributed by atoms with Crippen LogP contribution in [-0.4, -0.2) is 55.0 Å². The van der Waals surface area contributed by atoms with Crippen LogP contribution in [0.3, 0.4) is 0 Å². The smallest absolute Gasteiger partial charge is 0.283 e. The van der Waals surface area contributed by atoms with Crippen molar-refractivity contribution in [1.29, 1.82) is 0 Å². The van der Waals surface area contributed by atoms with Crippen LogP contribution < -0.4 is 16.2 Å². The van der Waals surface area contributed by atoms with Gasteiger partial charge in [0.25, 0.3) is 5.56 Å². The van der Waals surface area contributed by atoms with Gasteiger partial charge in [0, 0.05) is 26.2 Å². The number of hydrogen-bond donors (Lipinski definition) is 1. The Kier molecular flexibility index (Phi) is 5.40. The van der Waals surface area contributed by atoms with Gasteiger partial charge < -0.3 is 15.5 Å². The molecule has 1 aliphatic rings. The van der Waals surface area contributed by atoms with Gasteiger partial charge in [-0.1, -0.05) is 0 Å². The molecule has 0 spiro atoms. The number of hydrogen-bond acceptors (Lipinski definition) is 5. The third-order valence-corrected chi connectivity index (χ3v) is 4.76. The third-order valence-electron chi connectivity index (χ3n) is 4.01. The standard InChI is InChI=1S/C14H24BrN5O/c1-18(2)6-7-20-14(21)13(15)12(9-17-20)19(3)11(8-16)10-4-5-10/h9-11H,4-8,16H2,1-3H3. The lowest BCUT2D eigenvalue weighted by molar-refractivity contribution is 0.367. The van der Waals surface area contributed by atoms with Gasteiger partial charge in [-0.25, -0.2) is 4.68 Å². The predicted octanol–water partition coefficient (Wildman–Crippen LogP) is 0.741. The summed E-state index contributed by atoms with van der Waals surface area (Å²) in [7, 11) is 5.94. The van der Waals surface area contributed by atoms with E-state index in [1.54, 1.807) is 6.20 Å².